The molecular formula is C18H20N6O. The molecule has 0 bridgehead atoms. The summed E-state index contributed by atoms with van der Waals surface area (Å²) in [5.74, 6) is -0.189. The van der Waals surface area contributed by atoms with Gasteiger partial charge in [-0.1, -0.05) is 11.8 Å². The molecular weight excluding hydrogens is 316 g/mol. The van der Waals surface area contributed by atoms with E-state index in [4.69, 9.17) is 0 Å². The molecule has 1 amide bonds. The van der Waals surface area contributed by atoms with Crippen molar-refractivity contribution in [3.8, 4) is 5.69 Å². The molecule has 0 unspecified atom stereocenters. The highest BCUT2D eigenvalue weighted by Crippen LogP contribution is 2.20. The summed E-state index contributed by atoms with van der Waals surface area (Å²) in [6.07, 6.45) is 6.74. The third kappa shape index (κ3) is 3.65. The Labute approximate surface area is 146 Å². The van der Waals surface area contributed by atoms with Crippen molar-refractivity contribution >= 4 is 11.6 Å². The molecule has 0 aliphatic rings. The molecule has 0 N–H and O–H groups in total. The van der Waals surface area contributed by atoms with Crippen LogP contribution in [0.4, 0.5) is 5.69 Å². The Kier molecular flexibility index (Phi) is 4.74. The predicted molar refractivity (Wildman–Crippen MR) is 95.4 cm³/mol. The number of amides is 1. The van der Waals surface area contributed by atoms with Gasteiger partial charge in [-0.05, 0) is 50.3 Å². The summed E-state index contributed by atoms with van der Waals surface area (Å²) < 4.78 is 3.53. The van der Waals surface area contributed by atoms with Gasteiger partial charge in [-0.2, -0.15) is 5.10 Å². The maximum Gasteiger partial charge on any atom is 0.250 e. The van der Waals surface area contributed by atoms with Gasteiger partial charge in [0.25, 0.3) is 5.91 Å². The van der Waals surface area contributed by atoms with E-state index in [9.17, 15) is 4.79 Å². The van der Waals surface area contributed by atoms with Crippen LogP contribution < -0.4 is 4.90 Å². The standard InChI is InChI=1S/C18H20N6O/c1-4-18(25)22(12-15-13-24(14(2)3)21-20-15)16-6-8-17(9-7-16)23-11-5-10-19-23/h4-11,13-14H,1,12H2,2-3H3. The minimum absolute atomic E-state index is 0.189. The molecule has 2 heterocycles. The molecule has 0 saturated carbocycles. The van der Waals surface area contributed by atoms with Crippen LogP contribution in [0.25, 0.3) is 5.69 Å². The Bertz CT molecular complexity index is 848. The Balaban J connectivity index is 1.85. The van der Waals surface area contributed by atoms with Crippen LogP contribution in [0, 0.1) is 0 Å². The van der Waals surface area contributed by atoms with Crippen molar-refractivity contribution in [1.82, 2.24) is 24.8 Å². The van der Waals surface area contributed by atoms with Gasteiger partial charge in [0, 0.05) is 24.1 Å². The van der Waals surface area contributed by atoms with Gasteiger partial charge in [-0.3, -0.25) is 4.79 Å². The molecule has 2 aromatic heterocycles. The van der Waals surface area contributed by atoms with Crippen molar-refractivity contribution < 1.29 is 4.79 Å². The highest BCUT2D eigenvalue weighted by atomic mass is 16.2. The van der Waals surface area contributed by atoms with Crippen LogP contribution in [0.15, 0.2) is 61.6 Å². The molecule has 25 heavy (non-hydrogen) atoms. The summed E-state index contributed by atoms with van der Waals surface area (Å²) in [6, 6.07) is 9.67. The third-order valence-electron chi connectivity index (χ3n) is 3.78. The normalized spacial score (nSPS) is 10.8. The summed E-state index contributed by atoms with van der Waals surface area (Å²) in [7, 11) is 0. The van der Waals surface area contributed by atoms with Crippen molar-refractivity contribution in [3.05, 3.63) is 67.3 Å². The lowest BCUT2D eigenvalue weighted by Crippen LogP contribution is -2.28. The van der Waals surface area contributed by atoms with Gasteiger partial charge in [0.1, 0.15) is 5.69 Å². The second-order valence-electron chi connectivity index (χ2n) is 5.88. The third-order valence-corrected chi connectivity index (χ3v) is 3.78. The van der Waals surface area contributed by atoms with Crippen LogP contribution in [0.1, 0.15) is 25.6 Å². The first-order chi connectivity index (χ1) is 12.1. The van der Waals surface area contributed by atoms with Gasteiger partial charge < -0.3 is 4.90 Å². The number of hydrogen-bond donors (Lipinski definition) is 0. The molecule has 3 aromatic rings. The minimum Gasteiger partial charge on any atom is -0.303 e. The summed E-state index contributed by atoms with van der Waals surface area (Å²) in [4.78, 5) is 13.9. The van der Waals surface area contributed by atoms with Gasteiger partial charge in [-0.25, -0.2) is 9.36 Å². The zero-order chi connectivity index (χ0) is 17.8. The zero-order valence-electron chi connectivity index (χ0n) is 14.3. The molecule has 0 atom stereocenters. The molecule has 0 radical (unpaired) electrons. The fourth-order valence-electron chi connectivity index (χ4n) is 2.41. The molecule has 128 valence electrons. The number of hydrogen-bond acceptors (Lipinski definition) is 4. The van der Waals surface area contributed by atoms with E-state index in [0.717, 1.165) is 17.1 Å². The molecule has 7 heteroatoms. The van der Waals surface area contributed by atoms with Gasteiger partial charge in [-0.15, -0.1) is 5.10 Å². The van der Waals surface area contributed by atoms with Crippen molar-refractivity contribution in [2.45, 2.75) is 26.4 Å². The summed E-state index contributed by atoms with van der Waals surface area (Å²) in [6.45, 7) is 7.98. The van der Waals surface area contributed by atoms with E-state index in [2.05, 4.69) is 22.0 Å². The first kappa shape index (κ1) is 16.6. The van der Waals surface area contributed by atoms with Crippen LogP contribution in [-0.2, 0) is 11.3 Å². The summed E-state index contributed by atoms with van der Waals surface area (Å²) >= 11 is 0. The lowest BCUT2D eigenvalue weighted by molar-refractivity contribution is -0.114. The number of carbonyl (C=O) groups is 1. The Morgan fingerprint density at radius 3 is 2.64 bits per heavy atom. The first-order valence-corrected chi connectivity index (χ1v) is 8.03. The molecule has 0 spiro atoms. The number of nitrogens with zero attached hydrogens (tertiary/aromatic N) is 6. The van der Waals surface area contributed by atoms with Gasteiger partial charge in [0.2, 0.25) is 0 Å². The second-order valence-corrected chi connectivity index (χ2v) is 5.88. The van der Waals surface area contributed by atoms with Gasteiger partial charge in [0.05, 0.1) is 18.4 Å². The fourth-order valence-corrected chi connectivity index (χ4v) is 2.41. The number of anilines is 1. The lowest BCUT2D eigenvalue weighted by Gasteiger charge is -2.20. The largest absolute Gasteiger partial charge is 0.303 e. The van der Waals surface area contributed by atoms with E-state index in [0.29, 0.717) is 6.54 Å². The van der Waals surface area contributed by atoms with Crippen molar-refractivity contribution in [3.63, 3.8) is 0 Å². The first-order valence-electron chi connectivity index (χ1n) is 8.03. The fraction of sp³-hybridized carbons (Fsp3) is 0.222. The molecule has 7 nitrogen and oxygen atoms in total. The Morgan fingerprint density at radius 2 is 2.08 bits per heavy atom. The van der Waals surface area contributed by atoms with E-state index in [1.807, 2.05) is 56.6 Å². The molecule has 1 aromatic carbocycles. The Morgan fingerprint density at radius 1 is 1.32 bits per heavy atom. The van der Waals surface area contributed by atoms with E-state index >= 15 is 0 Å². The van der Waals surface area contributed by atoms with E-state index in [-0.39, 0.29) is 11.9 Å². The van der Waals surface area contributed by atoms with Crippen LogP contribution in [0.2, 0.25) is 0 Å². The topological polar surface area (TPSA) is 68.8 Å². The maximum atomic E-state index is 12.3. The van der Waals surface area contributed by atoms with Crippen molar-refractivity contribution in [1.29, 1.82) is 0 Å². The summed E-state index contributed by atoms with van der Waals surface area (Å²) in [5.41, 5.74) is 2.41. The van der Waals surface area contributed by atoms with Gasteiger partial charge in [0.15, 0.2) is 0 Å². The smallest absolute Gasteiger partial charge is 0.250 e. The van der Waals surface area contributed by atoms with Crippen molar-refractivity contribution in [2.24, 2.45) is 0 Å². The Hall–Kier alpha value is -3.22. The maximum absolute atomic E-state index is 12.3. The second kappa shape index (κ2) is 7.12. The number of benzene rings is 1. The van der Waals surface area contributed by atoms with Crippen LogP contribution >= 0.6 is 0 Å². The lowest BCUT2D eigenvalue weighted by atomic mass is 10.2. The average Bonchev–Trinajstić information content (AvgIpc) is 3.31. The van der Waals surface area contributed by atoms with E-state index in [1.165, 1.54) is 6.08 Å². The quantitative estimate of drug-likeness (QED) is 0.649. The SMILES string of the molecule is C=CC(=O)N(Cc1cn(C(C)C)nn1)c1ccc(-n2cccn2)cc1. The zero-order valence-corrected chi connectivity index (χ0v) is 14.3. The molecule has 0 aliphatic carbocycles. The highest BCUT2D eigenvalue weighted by Gasteiger charge is 2.16. The molecule has 0 saturated heterocycles. The van der Waals surface area contributed by atoms with Crippen molar-refractivity contribution in [2.75, 3.05) is 4.90 Å². The van der Waals surface area contributed by atoms with Crippen LogP contribution in [-0.4, -0.2) is 30.7 Å². The summed E-state index contributed by atoms with van der Waals surface area (Å²) in [5, 5.41) is 12.4. The van der Waals surface area contributed by atoms with Gasteiger partial charge >= 0.3 is 0 Å². The minimum atomic E-state index is -0.189. The average molecular weight is 336 g/mol. The van der Waals surface area contributed by atoms with Crippen LogP contribution in [0.5, 0.6) is 0 Å². The number of carbonyl (C=O) groups excluding carboxylic acids is 1. The van der Waals surface area contributed by atoms with Crippen LogP contribution in [0.3, 0.4) is 0 Å². The predicted octanol–water partition coefficient (Wildman–Crippen LogP) is 2.76. The van der Waals surface area contributed by atoms with E-state index in [1.54, 1.807) is 20.5 Å². The highest BCUT2D eigenvalue weighted by molar-refractivity contribution is 6.00. The molecule has 0 fully saturated rings. The van der Waals surface area contributed by atoms with E-state index < -0.39 is 0 Å². The number of aromatic nitrogens is 5. The molecule has 3 rings (SSSR count). The monoisotopic (exact) mass is 336 g/mol. The molecule has 0 aliphatic heterocycles. The number of rotatable bonds is 6.